The highest BCUT2D eigenvalue weighted by Gasteiger charge is 2.15. The van der Waals surface area contributed by atoms with Gasteiger partial charge < -0.3 is 9.88 Å². The van der Waals surface area contributed by atoms with Crippen LogP contribution in [0.1, 0.15) is 38.3 Å². The lowest BCUT2D eigenvalue weighted by molar-refractivity contribution is -0.122. The summed E-state index contributed by atoms with van der Waals surface area (Å²) in [4.78, 5) is 11.9. The number of amides is 1. The Hall–Kier alpha value is -1.93. The summed E-state index contributed by atoms with van der Waals surface area (Å²) >= 11 is 0. The predicted octanol–water partition coefficient (Wildman–Crippen LogP) is 1.06. The van der Waals surface area contributed by atoms with Gasteiger partial charge in [0.25, 0.3) is 0 Å². The van der Waals surface area contributed by atoms with Crippen LogP contribution in [0, 0.1) is 0 Å². The standard InChI is InChI=1S/C16H24N6O/c1-11(2)22-10-12(13-7-3-4-8-14(13)22)6-5-9-15(23)17-16-18-20-21-19-16/h3-4,7-8,10-11,16,18-21H,5-6,9H2,1-2H3,(H,17,23). The molecule has 3 rings (SSSR count). The van der Waals surface area contributed by atoms with Crippen molar-refractivity contribution in [2.75, 3.05) is 0 Å². The number of aromatic nitrogens is 1. The van der Waals surface area contributed by atoms with Crippen molar-refractivity contribution < 1.29 is 4.79 Å². The molecule has 2 heterocycles. The highest BCUT2D eigenvalue weighted by Crippen LogP contribution is 2.25. The van der Waals surface area contributed by atoms with Crippen LogP contribution in [-0.4, -0.2) is 16.8 Å². The van der Waals surface area contributed by atoms with E-state index in [9.17, 15) is 4.79 Å². The van der Waals surface area contributed by atoms with Gasteiger partial charge in [0.2, 0.25) is 5.91 Å². The van der Waals surface area contributed by atoms with Gasteiger partial charge in [-0.1, -0.05) is 18.2 Å². The molecule has 124 valence electrons. The number of rotatable bonds is 6. The lowest BCUT2D eigenvalue weighted by Gasteiger charge is -2.10. The van der Waals surface area contributed by atoms with Crippen LogP contribution >= 0.6 is 0 Å². The topological polar surface area (TPSA) is 82.2 Å². The number of carbonyl (C=O) groups excluding carboxylic acids is 1. The summed E-state index contributed by atoms with van der Waals surface area (Å²) in [5.74, 6) is 0.0214. The number of hydrogen-bond donors (Lipinski definition) is 5. The molecule has 1 saturated heterocycles. The molecule has 0 radical (unpaired) electrons. The number of aryl methyl sites for hydroxylation is 1. The van der Waals surface area contributed by atoms with Crippen molar-refractivity contribution in [3.63, 3.8) is 0 Å². The van der Waals surface area contributed by atoms with E-state index in [1.807, 2.05) is 0 Å². The summed E-state index contributed by atoms with van der Waals surface area (Å²) < 4.78 is 2.30. The fourth-order valence-electron chi connectivity index (χ4n) is 2.90. The molecule has 7 nitrogen and oxygen atoms in total. The fourth-order valence-corrected chi connectivity index (χ4v) is 2.90. The zero-order chi connectivity index (χ0) is 16.2. The molecule has 0 aliphatic carbocycles. The zero-order valence-electron chi connectivity index (χ0n) is 13.5. The molecule has 1 fully saturated rings. The SMILES string of the molecule is CC(C)n1cc(CCCC(=O)NC2NNNN2)c2ccccc21. The van der Waals surface area contributed by atoms with Crippen molar-refractivity contribution >= 4 is 16.8 Å². The van der Waals surface area contributed by atoms with Gasteiger partial charge in [-0.15, -0.1) is 0 Å². The Labute approximate surface area is 135 Å². The highest BCUT2D eigenvalue weighted by molar-refractivity contribution is 5.84. The Bertz CT molecular complexity index is 674. The van der Waals surface area contributed by atoms with E-state index in [2.05, 4.69) is 76.1 Å². The first-order valence-corrected chi connectivity index (χ1v) is 8.04. The normalized spacial score (nSPS) is 15.6. The molecule has 1 aromatic carbocycles. The largest absolute Gasteiger partial charge is 0.345 e. The number of nitrogens with zero attached hydrogens (tertiary/aromatic N) is 1. The third-order valence-corrected chi connectivity index (χ3v) is 4.03. The van der Waals surface area contributed by atoms with E-state index in [0.29, 0.717) is 12.5 Å². The minimum absolute atomic E-state index is 0.0214. The van der Waals surface area contributed by atoms with E-state index in [-0.39, 0.29) is 12.2 Å². The van der Waals surface area contributed by atoms with Gasteiger partial charge in [0.05, 0.1) is 0 Å². The summed E-state index contributed by atoms with van der Waals surface area (Å²) in [6, 6.07) is 8.88. The van der Waals surface area contributed by atoms with Gasteiger partial charge in [0.1, 0.15) is 0 Å². The maximum atomic E-state index is 11.9. The zero-order valence-corrected chi connectivity index (χ0v) is 13.5. The van der Waals surface area contributed by atoms with E-state index in [1.54, 1.807) is 0 Å². The van der Waals surface area contributed by atoms with Crippen LogP contribution in [0.15, 0.2) is 30.5 Å². The summed E-state index contributed by atoms with van der Waals surface area (Å²) in [5.41, 5.74) is 13.6. The van der Waals surface area contributed by atoms with Crippen molar-refractivity contribution in [2.24, 2.45) is 0 Å². The predicted molar refractivity (Wildman–Crippen MR) is 89.7 cm³/mol. The molecule has 2 aromatic rings. The first-order chi connectivity index (χ1) is 11.1. The average molecular weight is 316 g/mol. The Morgan fingerprint density at radius 3 is 2.74 bits per heavy atom. The molecule has 1 aliphatic heterocycles. The number of para-hydroxylation sites is 1. The smallest absolute Gasteiger partial charge is 0.222 e. The molecule has 0 spiro atoms. The second-order valence-corrected chi connectivity index (χ2v) is 6.07. The molecule has 0 unspecified atom stereocenters. The Kier molecular flexibility index (Phi) is 4.92. The van der Waals surface area contributed by atoms with Gasteiger partial charge in [0.15, 0.2) is 6.29 Å². The molecular weight excluding hydrogens is 292 g/mol. The van der Waals surface area contributed by atoms with Crippen LogP contribution in [-0.2, 0) is 11.2 Å². The molecule has 0 bridgehead atoms. The molecule has 1 amide bonds. The number of nitrogens with one attached hydrogen (secondary N) is 5. The van der Waals surface area contributed by atoms with Gasteiger partial charge in [-0.2, -0.15) is 11.1 Å². The van der Waals surface area contributed by atoms with Crippen LogP contribution in [0.5, 0.6) is 0 Å². The van der Waals surface area contributed by atoms with Crippen molar-refractivity contribution in [1.29, 1.82) is 0 Å². The van der Waals surface area contributed by atoms with Gasteiger partial charge in [-0.25, -0.2) is 10.9 Å². The van der Waals surface area contributed by atoms with Crippen molar-refractivity contribution in [2.45, 2.75) is 45.4 Å². The van der Waals surface area contributed by atoms with Gasteiger partial charge in [0, 0.05) is 29.6 Å². The summed E-state index contributed by atoms with van der Waals surface area (Å²) in [5, 5.41) is 4.12. The average Bonchev–Trinajstić information content (AvgIpc) is 3.15. The molecule has 1 aromatic heterocycles. The van der Waals surface area contributed by atoms with E-state index < -0.39 is 0 Å². The van der Waals surface area contributed by atoms with Crippen molar-refractivity contribution in [1.82, 2.24) is 31.8 Å². The van der Waals surface area contributed by atoms with E-state index >= 15 is 0 Å². The highest BCUT2D eigenvalue weighted by atomic mass is 16.2. The van der Waals surface area contributed by atoms with Crippen LogP contribution in [0.2, 0.25) is 0 Å². The molecular formula is C16H24N6O. The number of carbonyl (C=O) groups is 1. The number of hydrazine groups is 3. The minimum atomic E-state index is -0.287. The van der Waals surface area contributed by atoms with Crippen molar-refractivity contribution in [3.05, 3.63) is 36.0 Å². The Morgan fingerprint density at radius 2 is 2.00 bits per heavy atom. The first-order valence-electron chi connectivity index (χ1n) is 8.04. The van der Waals surface area contributed by atoms with Gasteiger partial charge >= 0.3 is 0 Å². The van der Waals surface area contributed by atoms with E-state index in [1.165, 1.54) is 16.5 Å². The van der Waals surface area contributed by atoms with Crippen LogP contribution in [0.25, 0.3) is 10.9 Å². The molecule has 1 aliphatic rings. The monoisotopic (exact) mass is 316 g/mol. The number of fused-ring (bicyclic) bond motifs is 1. The molecule has 0 saturated carbocycles. The second kappa shape index (κ2) is 7.10. The maximum Gasteiger partial charge on any atom is 0.222 e. The minimum Gasteiger partial charge on any atom is -0.345 e. The van der Waals surface area contributed by atoms with Gasteiger partial charge in [-0.05, 0) is 38.3 Å². The van der Waals surface area contributed by atoms with Crippen LogP contribution < -0.4 is 27.2 Å². The Morgan fingerprint density at radius 1 is 1.26 bits per heavy atom. The fraction of sp³-hybridized carbons (Fsp3) is 0.438. The van der Waals surface area contributed by atoms with Crippen LogP contribution in [0.3, 0.4) is 0 Å². The number of benzene rings is 1. The quantitative estimate of drug-likeness (QED) is 0.551. The third kappa shape index (κ3) is 3.70. The molecule has 0 atom stereocenters. The van der Waals surface area contributed by atoms with Crippen LogP contribution in [0.4, 0.5) is 0 Å². The third-order valence-electron chi connectivity index (χ3n) is 4.03. The second-order valence-electron chi connectivity index (χ2n) is 6.07. The van der Waals surface area contributed by atoms with Crippen molar-refractivity contribution in [3.8, 4) is 0 Å². The molecule has 7 heteroatoms. The van der Waals surface area contributed by atoms with Gasteiger partial charge in [-0.3, -0.25) is 4.79 Å². The first kappa shape index (κ1) is 15.9. The summed E-state index contributed by atoms with van der Waals surface area (Å²) in [7, 11) is 0. The lowest BCUT2D eigenvalue weighted by Crippen LogP contribution is -2.49. The molecule has 5 N–H and O–H groups in total. The lowest BCUT2D eigenvalue weighted by atomic mass is 10.1. The summed E-state index contributed by atoms with van der Waals surface area (Å²) in [6.07, 6.45) is 4.16. The maximum absolute atomic E-state index is 11.9. The Balaban J connectivity index is 1.59. The van der Waals surface area contributed by atoms with E-state index in [0.717, 1.165) is 12.8 Å². The molecule has 23 heavy (non-hydrogen) atoms. The summed E-state index contributed by atoms with van der Waals surface area (Å²) in [6.45, 7) is 4.38. The number of hydrogen-bond acceptors (Lipinski definition) is 5. The van der Waals surface area contributed by atoms with E-state index in [4.69, 9.17) is 0 Å².